The fourth-order valence-electron chi connectivity index (χ4n) is 2.36. The Hall–Kier alpha value is -0.120. The molecule has 0 aliphatic heterocycles. The van der Waals surface area contributed by atoms with E-state index in [0.717, 1.165) is 19.4 Å². The summed E-state index contributed by atoms with van der Waals surface area (Å²) < 4.78 is 12.2. The summed E-state index contributed by atoms with van der Waals surface area (Å²) in [4.78, 5) is 0. The summed E-state index contributed by atoms with van der Waals surface area (Å²) in [6, 6.07) is 0. The molecule has 0 amide bonds. The maximum Gasteiger partial charge on any atom is 0.0681 e. The summed E-state index contributed by atoms with van der Waals surface area (Å²) in [5.74, 6) is 0. The summed E-state index contributed by atoms with van der Waals surface area (Å²) in [6.07, 6.45) is 1.96. The molecule has 3 nitrogen and oxygen atoms in total. The topological polar surface area (TPSA) is 44.5 Å². The fraction of sp³-hybridized carbons (Fsp3) is 1.00. The van der Waals surface area contributed by atoms with E-state index in [9.17, 15) is 0 Å². The van der Waals surface area contributed by atoms with Gasteiger partial charge in [0, 0.05) is 12.1 Å². The second kappa shape index (κ2) is 6.97. The van der Waals surface area contributed by atoms with Gasteiger partial charge in [-0.2, -0.15) is 0 Å². The molecular weight excluding hydrogens is 262 g/mol. The van der Waals surface area contributed by atoms with Gasteiger partial charge in [-0.1, -0.05) is 13.8 Å². The van der Waals surface area contributed by atoms with E-state index in [2.05, 4.69) is 55.4 Å². The monoisotopic (exact) mass is 301 g/mol. The van der Waals surface area contributed by atoms with Gasteiger partial charge in [0.05, 0.1) is 17.3 Å². The van der Waals surface area contributed by atoms with Crippen molar-refractivity contribution in [3.8, 4) is 0 Å². The predicted molar refractivity (Wildman–Crippen MR) is 91.6 cm³/mol. The summed E-state index contributed by atoms with van der Waals surface area (Å²) in [5, 5.41) is 0. The molecule has 0 spiro atoms. The molecule has 21 heavy (non-hydrogen) atoms. The van der Waals surface area contributed by atoms with Crippen molar-refractivity contribution in [3.63, 3.8) is 0 Å². The van der Waals surface area contributed by atoms with Crippen LogP contribution in [0.5, 0.6) is 0 Å². The predicted octanol–water partition coefficient (Wildman–Crippen LogP) is 4.53. The van der Waals surface area contributed by atoms with E-state index in [1.807, 2.05) is 13.8 Å². The molecule has 1 unspecified atom stereocenters. The molecule has 0 aromatic carbocycles. The van der Waals surface area contributed by atoms with Crippen molar-refractivity contribution in [2.75, 3.05) is 6.61 Å². The van der Waals surface area contributed by atoms with E-state index in [1.165, 1.54) is 0 Å². The molecule has 0 bridgehead atoms. The third kappa shape index (κ3) is 8.80. The van der Waals surface area contributed by atoms with E-state index in [-0.39, 0.29) is 28.3 Å². The van der Waals surface area contributed by atoms with Gasteiger partial charge in [0.2, 0.25) is 0 Å². The average molecular weight is 302 g/mol. The fourth-order valence-corrected chi connectivity index (χ4v) is 2.36. The maximum atomic E-state index is 6.33. The summed E-state index contributed by atoms with van der Waals surface area (Å²) >= 11 is 0. The Morgan fingerprint density at radius 3 is 1.76 bits per heavy atom. The number of hydrogen-bond donors (Lipinski definition) is 1. The maximum absolute atomic E-state index is 6.33. The Balaban J connectivity index is 4.57. The molecule has 0 saturated heterocycles. The number of nitrogens with two attached hydrogens (primary N) is 1. The lowest BCUT2D eigenvalue weighted by atomic mass is 9.74. The van der Waals surface area contributed by atoms with Crippen LogP contribution in [0.3, 0.4) is 0 Å². The highest BCUT2D eigenvalue weighted by Crippen LogP contribution is 2.38. The first kappa shape index (κ1) is 20.9. The van der Waals surface area contributed by atoms with Crippen LogP contribution in [0.4, 0.5) is 0 Å². The lowest BCUT2D eigenvalue weighted by Crippen LogP contribution is -2.46. The molecule has 2 N–H and O–H groups in total. The van der Waals surface area contributed by atoms with E-state index >= 15 is 0 Å². The van der Waals surface area contributed by atoms with Crippen molar-refractivity contribution >= 4 is 0 Å². The molecule has 0 aliphatic carbocycles. The molecule has 3 heteroatoms. The molecule has 0 aromatic heterocycles. The van der Waals surface area contributed by atoms with Crippen LogP contribution in [0.25, 0.3) is 0 Å². The first-order valence-electron chi connectivity index (χ1n) is 8.16. The zero-order valence-electron chi connectivity index (χ0n) is 16.1. The largest absolute Gasteiger partial charge is 0.376 e. The Labute approximate surface area is 133 Å². The van der Waals surface area contributed by atoms with Crippen LogP contribution >= 0.6 is 0 Å². The zero-order valence-corrected chi connectivity index (χ0v) is 16.1. The van der Waals surface area contributed by atoms with Gasteiger partial charge in [0.25, 0.3) is 0 Å². The van der Waals surface area contributed by atoms with Gasteiger partial charge >= 0.3 is 0 Å². The highest BCUT2D eigenvalue weighted by Gasteiger charge is 2.39. The van der Waals surface area contributed by atoms with Gasteiger partial charge in [0.1, 0.15) is 0 Å². The average Bonchev–Trinajstić information content (AvgIpc) is 2.09. The lowest BCUT2D eigenvalue weighted by Gasteiger charge is -2.44. The van der Waals surface area contributed by atoms with Crippen molar-refractivity contribution in [1.29, 1.82) is 0 Å². The van der Waals surface area contributed by atoms with Crippen LogP contribution in [-0.4, -0.2) is 29.5 Å². The standard InChI is InChI=1S/C18H39NO2/c1-14(13-17(7,8)19)21-18(9,10)16(5,6)11-12-20-15(2,3)4/h14H,11-13,19H2,1-10H3. The zero-order chi connectivity index (χ0) is 17.1. The minimum atomic E-state index is -0.223. The van der Waals surface area contributed by atoms with Crippen LogP contribution in [-0.2, 0) is 9.47 Å². The molecule has 128 valence electrons. The molecular formula is C18H39NO2. The Kier molecular flexibility index (Phi) is 6.93. The van der Waals surface area contributed by atoms with E-state index < -0.39 is 0 Å². The summed E-state index contributed by atoms with van der Waals surface area (Å²) in [5.41, 5.74) is 5.62. The van der Waals surface area contributed by atoms with Gasteiger partial charge in [-0.15, -0.1) is 0 Å². The van der Waals surface area contributed by atoms with Gasteiger partial charge in [-0.3, -0.25) is 0 Å². The van der Waals surface area contributed by atoms with Gasteiger partial charge < -0.3 is 15.2 Å². The Morgan fingerprint density at radius 1 is 0.905 bits per heavy atom. The molecule has 0 aliphatic rings. The number of hydrogen-bond acceptors (Lipinski definition) is 3. The van der Waals surface area contributed by atoms with Crippen molar-refractivity contribution in [1.82, 2.24) is 0 Å². The molecule has 0 heterocycles. The molecule has 0 aromatic rings. The first-order valence-corrected chi connectivity index (χ1v) is 8.16. The Bertz CT molecular complexity index is 308. The summed E-state index contributed by atoms with van der Waals surface area (Å²) in [7, 11) is 0. The van der Waals surface area contributed by atoms with E-state index in [4.69, 9.17) is 15.2 Å². The van der Waals surface area contributed by atoms with Crippen molar-refractivity contribution in [3.05, 3.63) is 0 Å². The molecule has 0 saturated carbocycles. The first-order chi connectivity index (χ1) is 9.06. The van der Waals surface area contributed by atoms with Crippen molar-refractivity contribution in [2.45, 2.75) is 105 Å². The molecule has 0 rings (SSSR count). The van der Waals surface area contributed by atoms with E-state index in [1.54, 1.807) is 0 Å². The van der Waals surface area contributed by atoms with Gasteiger partial charge in [-0.05, 0) is 73.6 Å². The lowest BCUT2D eigenvalue weighted by molar-refractivity contribution is -0.146. The molecule has 1 atom stereocenters. The SMILES string of the molecule is CC(CC(C)(C)N)OC(C)(C)C(C)(C)CCOC(C)(C)C. The van der Waals surface area contributed by atoms with Crippen molar-refractivity contribution in [2.24, 2.45) is 11.1 Å². The minimum Gasteiger partial charge on any atom is -0.376 e. The molecule has 0 radical (unpaired) electrons. The normalized spacial score (nSPS) is 16.1. The van der Waals surface area contributed by atoms with Crippen LogP contribution in [0.1, 0.15) is 82.1 Å². The van der Waals surface area contributed by atoms with Crippen LogP contribution in [0.2, 0.25) is 0 Å². The quantitative estimate of drug-likeness (QED) is 0.716. The Morgan fingerprint density at radius 2 is 1.38 bits per heavy atom. The number of ether oxygens (including phenoxy) is 2. The highest BCUT2D eigenvalue weighted by molar-refractivity contribution is 4.89. The third-order valence-electron chi connectivity index (χ3n) is 4.20. The summed E-state index contributed by atoms with van der Waals surface area (Å²) in [6.45, 7) is 22.1. The smallest absolute Gasteiger partial charge is 0.0681 e. The van der Waals surface area contributed by atoms with Crippen LogP contribution < -0.4 is 5.73 Å². The van der Waals surface area contributed by atoms with Gasteiger partial charge in [-0.25, -0.2) is 0 Å². The minimum absolute atomic E-state index is 0.0330. The van der Waals surface area contributed by atoms with Crippen LogP contribution in [0, 0.1) is 5.41 Å². The van der Waals surface area contributed by atoms with Crippen LogP contribution in [0.15, 0.2) is 0 Å². The van der Waals surface area contributed by atoms with Gasteiger partial charge in [0.15, 0.2) is 0 Å². The molecule has 0 fully saturated rings. The number of rotatable bonds is 8. The second-order valence-electron chi connectivity index (χ2n) is 9.23. The van der Waals surface area contributed by atoms with Crippen molar-refractivity contribution < 1.29 is 9.47 Å². The second-order valence-corrected chi connectivity index (χ2v) is 9.23. The van der Waals surface area contributed by atoms with E-state index in [0.29, 0.717) is 0 Å². The third-order valence-corrected chi connectivity index (χ3v) is 4.20. The highest BCUT2D eigenvalue weighted by atomic mass is 16.5.